The third-order valence-corrected chi connectivity index (χ3v) is 4.87. The lowest BCUT2D eigenvalue weighted by Crippen LogP contribution is -2.45. The zero-order valence-electron chi connectivity index (χ0n) is 17.9. The Labute approximate surface area is 186 Å². The summed E-state index contributed by atoms with van der Waals surface area (Å²) in [5, 5.41) is 26.5. The van der Waals surface area contributed by atoms with Crippen LogP contribution in [0.2, 0.25) is 0 Å². The number of hydrogen-bond acceptors (Lipinski definition) is 5. The molecule has 1 aliphatic rings. The van der Waals surface area contributed by atoms with Crippen LogP contribution in [0.3, 0.4) is 0 Å². The average molecular weight is 446 g/mol. The van der Waals surface area contributed by atoms with E-state index >= 15 is 0 Å². The highest BCUT2D eigenvalue weighted by Gasteiger charge is 2.22. The summed E-state index contributed by atoms with van der Waals surface area (Å²) < 4.78 is 1.15. The van der Waals surface area contributed by atoms with Gasteiger partial charge in [0.15, 0.2) is 0 Å². The molecule has 166 valence electrons. The van der Waals surface area contributed by atoms with Crippen LogP contribution in [-0.2, 0) is 0 Å². The number of aliphatic hydroxyl groups excluding tert-OH is 2. The summed E-state index contributed by atoms with van der Waals surface area (Å²) in [6, 6.07) is 0.650. The second-order valence-corrected chi connectivity index (χ2v) is 8.04. The van der Waals surface area contributed by atoms with Gasteiger partial charge in [-0.15, -0.1) is 0 Å². The maximum absolute atomic E-state index is 13.1. The summed E-state index contributed by atoms with van der Waals surface area (Å²) in [4.78, 5) is 26.0. The van der Waals surface area contributed by atoms with Crippen molar-refractivity contribution in [2.45, 2.75) is 39.3 Å². The van der Waals surface area contributed by atoms with Gasteiger partial charge in [-0.05, 0) is 31.1 Å². The van der Waals surface area contributed by atoms with Crippen LogP contribution in [0.5, 0.6) is 0 Å². The van der Waals surface area contributed by atoms with Gasteiger partial charge in [-0.3, -0.25) is 9.59 Å². The van der Waals surface area contributed by atoms with Crippen LogP contribution in [0.4, 0.5) is 0 Å². The quantitative estimate of drug-likeness (QED) is 0.534. The van der Waals surface area contributed by atoms with E-state index in [1.165, 1.54) is 19.1 Å². The fraction of sp³-hybridized carbons (Fsp3) is 0.348. The molecule has 2 unspecified atom stereocenters. The lowest BCUT2D eigenvalue weighted by Gasteiger charge is -2.19. The Bertz CT molecular complexity index is 1020. The number of amides is 1. The Morgan fingerprint density at radius 1 is 1.39 bits per heavy atom. The van der Waals surface area contributed by atoms with Crippen molar-refractivity contribution in [2.75, 3.05) is 6.61 Å². The van der Waals surface area contributed by atoms with E-state index in [-0.39, 0.29) is 11.5 Å². The minimum atomic E-state index is -1.16. The summed E-state index contributed by atoms with van der Waals surface area (Å²) in [5.74, 6) is -0.566. The van der Waals surface area contributed by atoms with Gasteiger partial charge in [-0.25, -0.2) is 0 Å². The normalized spacial score (nSPS) is 16.3. The van der Waals surface area contributed by atoms with Crippen molar-refractivity contribution in [2.24, 2.45) is 5.92 Å². The molecule has 1 heterocycles. The number of carbonyl (C=O) groups is 1. The first-order valence-corrected chi connectivity index (χ1v) is 10.4. The van der Waals surface area contributed by atoms with Gasteiger partial charge in [-0.2, -0.15) is 9.78 Å². The third-order valence-electron chi connectivity index (χ3n) is 4.59. The molecule has 8 heteroatoms. The van der Waals surface area contributed by atoms with Gasteiger partial charge in [0.2, 0.25) is 0 Å². The summed E-state index contributed by atoms with van der Waals surface area (Å²) in [7, 11) is 0. The van der Waals surface area contributed by atoms with Crippen molar-refractivity contribution in [1.82, 2.24) is 15.1 Å². The molecular formula is C23H28ClN3O4. The Morgan fingerprint density at radius 3 is 2.71 bits per heavy atom. The molecule has 31 heavy (non-hydrogen) atoms. The Kier molecular flexibility index (Phi) is 8.74. The van der Waals surface area contributed by atoms with Crippen LogP contribution < -0.4 is 10.9 Å². The van der Waals surface area contributed by atoms with Gasteiger partial charge in [0.25, 0.3) is 11.5 Å². The average Bonchev–Trinajstić information content (AvgIpc) is 2.95. The summed E-state index contributed by atoms with van der Waals surface area (Å²) in [5.41, 5.74) is 0.758. The lowest BCUT2D eigenvalue weighted by atomic mass is 10.1. The third kappa shape index (κ3) is 6.37. The van der Waals surface area contributed by atoms with Crippen LogP contribution >= 0.6 is 11.6 Å². The molecule has 1 aromatic heterocycles. The van der Waals surface area contributed by atoms with Crippen LogP contribution in [0.1, 0.15) is 43.2 Å². The predicted molar refractivity (Wildman–Crippen MR) is 123 cm³/mol. The highest BCUT2D eigenvalue weighted by molar-refractivity contribution is 6.29. The minimum absolute atomic E-state index is 0.112. The van der Waals surface area contributed by atoms with Gasteiger partial charge >= 0.3 is 0 Å². The van der Waals surface area contributed by atoms with Crippen LogP contribution in [0.25, 0.3) is 11.3 Å². The molecular weight excluding hydrogens is 418 g/mol. The Balaban J connectivity index is 2.66. The standard InChI is InChI=1S/C23H28ClN3O4/c1-5-18(11-14(2)3)27-23(31)19(22(30)25-15(4)21(29)13-28)12-20(26-27)16-7-6-8-17(24)10-9-16/h5-7,9-12,14-15,21,28-29H,1,8,13H2,2-4H3,(H,25,30)/b18-11+. The fourth-order valence-electron chi connectivity index (χ4n) is 2.85. The van der Waals surface area contributed by atoms with Crippen LogP contribution in [-0.4, -0.2) is 44.7 Å². The van der Waals surface area contributed by atoms with Crippen LogP contribution in [0, 0.1) is 5.92 Å². The molecule has 7 nitrogen and oxygen atoms in total. The lowest BCUT2D eigenvalue weighted by molar-refractivity contribution is 0.0610. The highest BCUT2D eigenvalue weighted by Crippen LogP contribution is 2.21. The molecule has 3 N–H and O–H groups in total. The highest BCUT2D eigenvalue weighted by atomic mass is 35.5. The van der Waals surface area contributed by atoms with Gasteiger partial charge < -0.3 is 15.5 Å². The minimum Gasteiger partial charge on any atom is -0.394 e. The molecule has 1 amide bonds. The van der Waals surface area contributed by atoms with E-state index in [1.807, 2.05) is 32.1 Å². The number of aromatic nitrogens is 2. The van der Waals surface area contributed by atoms with E-state index in [4.69, 9.17) is 16.7 Å². The van der Waals surface area contributed by atoms with Crippen molar-refractivity contribution in [3.8, 4) is 0 Å². The molecule has 0 spiro atoms. The van der Waals surface area contributed by atoms with Gasteiger partial charge in [0.1, 0.15) is 5.56 Å². The van der Waals surface area contributed by atoms with Gasteiger partial charge in [0, 0.05) is 17.0 Å². The number of nitrogens with zero attached hydrogens (tertiary/aromatic N) is 2. The molecule has 1 aliphatic carbocycles. The second kappa shape index (κ2) is 11.0. The predicted octanol–water partition coefficient (Wildman–Crippen LogP) is 2.86. The fourth-order valence-corrected chi connectivity index (χ4v) is 3.00. The number of halogens is 1. The molecule has 0 saturated carbocycles. The van der Waals surface area contributed by atoms with Crippen LogP contribution in [0.15, 0.2) is 58.9 Å². The van der Waals surface area contributed by atoms with Gasteiger partial charge in [-0.1, -0.05) is 56.3 Å². The molecule has 0 radical (unpaired) electrons. The first-order valence-electron chi connectivity index (χ1n) is 10.00. The largest absolute Gasteiger partial charge is 0.394 e. The first kappa shape index (κ1) is 24.5. The first-order chi connectivity index (χ1) is 14.7. The zero-order valence-corrected chi connectivity index (χ0v) is 18.6. The molecule has 2 atom stereocenters. The number of rotatable bonds is 8. The number of allylic oxidation sites excluding steroid dienone is 9. The molecule has 0 bridgehead atoms. The van der Waals surface area contributed by atoms with Gasteiger partial charge in [0.05, 0.1) is 30.1 Å². The zero-order chi connectivity index (χ0) is 23.1. The van der Waals surface area contributed by atoms with Crippen molar-refractivity contribution in [3.63, 3.8) is 0 Å². The van der Waals surface area contributed by atoms with Crippen molar-refractivity contribution in [3.05, 3.63) is 75.7 Å². The Morgan fingerprint density at radius 2 is 2.10 bits per heavy atom. The molecule has 0 saturated heterocycles. The maximum atomic E-state index is 13.1. The van der Waals surface area contributed by atoms with E-state index in [2.05, 4.69) is 17.0 Å². The van der Waals surface area contributed by atoms with Crippen molar-refractivity contribution in [1.29, 1.82) is 0 Å². The summed E-state index contributed by atoms with van der Waals surface area (Å²) >= 11 is 6.10. The smallest absolute Gasteiger partial charge is 0.284 e. The number of nitrogens with one attached hydrogen (secondary N) is 1. The number of aliphatic hydroxyl groups is 2. The monoisotopic (exact) mass is 445 g/mol. The van der Waals surface area contributed by atoms with E-state index in [0.29, 0.717) is 28.4 Å². The summed E-state index contributed by atoms with van der Waals surface area (Å²) in [6.45, 7) is 8.69. The molecule has 0 aliphatic heterocycles. The number of carbonyl (C=O) groups excluding carboxylic acids is 1. The number of hydrogen-bond donors (Lipinski definition) is 3. The van der Waals surface area contributed by atoms with E-state index in [0.717, 1.165) is 4.68 Å². The Hall–Kier alpha value is -2.74. The molecule has 0 fully saturated rings. The van der Waals surface area contributed by atoms with Crippen molar-refractivity contribution >= 4 is 28.8 Å². The molecule has 0 aromatic carbocycles. The molecule has 2 rings (SSSR count). The van der Waals surface area contributed by atoms with E-state index in [1.54, 1.807) is 12.2 Å². The van der Waals surface area contributed by atoms with Crippen molar-refractivity contribution < 1.29 is 15.0 Å². The molecule has 1 aromatic rings. The van der Waals surface area contributed by atoms with E-state index < -0.39 is 30.2 Å². The topological polar surface area (TPSA) is 104 Å². The maximum Gasteiger partial charge on any atom is 0.284 e. The SMILES string of the molecule is C=C/C(=C\C(C)C)n1nc(C2=CC=C(Cl)CC=C2)cc(C(=O)NC(C)C(O)CO)c1=O. The second-order valence-electron chi connectivity index (χ2n) is 7.55. The van der Waals surface area contributed by atoms with E-state index in [9.17, 15) is 14.7 Å². The summed E-state index contributed by atoms with van der Waals surface area (Å²) in [6.07, 6.45) is 9.93.